The number of nitrogens with one attached hydrogen (secondary N) is 2. The maximum Gasteiger partial charge on any atom is 0.203 e. The van der Waals surface area contributed by atoms with Gasteiger partial charge < -0.3 is 24.8 Å². The molecule has 0 aromatic heterocycles. The van der Waals surface area contributed by atoms with Crippen molar-refractivity contribution >= 4 is 53.1 Å². The van der Waals surface area contributed by atoms with Crippen LogP contribution in [0.5, 0.6) is 17.2 Å². The number of methoxy groups -OCH3 is 3. The first-order valence-corrected chi connectivity index (χ1v) is 8.95. The lowest BCUT2D eigenvalue weighted by atomic mass is 10.1. The van der Waals surface area contributed by atoms with E-state index >= 15 is 0 Å². The van der Waals surface area contributed by atoms with Crippen molar-refractivity contribution < 1.29 is 14.2 Å². The van der Waals surface area contributed by atoms with Crippen LogP contribution in [0.25, 0.3) is 0 Å². The van der Waals surface area contributed by atoms with E-state index in [9.17, 15) is 0 Å². The van der Waals surface area contributed by atoms with Crippen LogP contribution in [0.4, 0.5) is 0 Å². The van der Waals surface area contributed by atoms with Gasteiger partial charge in [-0.2, -0.15) is 0 Å². The summed E-state index contributed by atoms with van der Waals surface area (Å²) >= 11 is 12.1. The SMILES string of the molecule is CN=C(NCc1ccc(Cl)cc1Cl)NCc1ccc(OC)c(OC)c1OC.I. The Bertz CT molecular complexity index is 819. The predicted molar refractivity (Wildman–Crippen MR) is 125 cm³/mol. The van der Waals surface area contributed by atoms with E-state index < -0.39 is 0 Å². The average molecular weight is 540 g/mol. The topological polar surface area (TPSA) is 64.1 Å². The summed E-state index contributed by atoms with van der Waals surface area (Å²) in [4.78, 5) is 4.23. The van der Waals surface area contributed by atoms with Gasteiger partial charge in [0.2, 0.25) is 5.75 Å². The van der Waals surface area contributed by atoms with Gasteiger partial charge in [-0.3, -0.25) is 4.99 Å². The summed E-state index contributed by atoms with van der Waals surface area (Å²) in [7, 11) is 6.46. The Morgan fingerprint density at radius 1 is 0.893 bits per heavy atom. The fourth-order valence-electron chi connectivity index (χ4n) is 2.55. The molecule has 2 N–H and O–H groups in total. The zero-order valence-corrected chi connectivity index (χ0v) is 20.0. The molecule has 6 nitrogen and oxygen atoms in total. The van der Waals surface area contributed by atoms with Gasteiger partial charge in [0.25, 0.3) is 0 Å². The maximum atomic E-state index is 6.20. The molecule has 0 aliphatic heterocycles. The standard InChI is InChI=1S/C19H23Cl2N3O3.HI/c1-22-19(23-10-12-5-7-14(20)9-15(12)21)24-11-13-6-8-16(25-2)18(27-4)17(13)26-3;/h5-9H,10-11H2,1-4H3,(H2,22,23,24);1H. The van der Waals surface area contributed by atoms with E-state index in [1.54, 1.807) is 40.5 Å². The Morgan fingerprint density at radius 3 is 2.04 bits per heavy atom. The van der Waals surface area contributed by atoms with Crippen molar-refractivity contribution in [3.63, 3.8) is 0 Å². The molecule has 0 saturated heterocycles. The van der Waals surface area contributed by atoms with E-state index in [1.165, 1.54) is 0 Å². The van der Waals surface area contributed by atoms with Crippen molar-refractivity contribution in [3.8, 4) is 17.2 Å². The first-order chi connectivity index (χ1) is 13.0. The number of guanidine groups is 1. The van der Waals surface area contributed by atoms with Crippen LogP contribution in [-0.2, 0) is 13.1 Å². The van der Waals surface area contributed by atoms with Gasteiger partial charge >= 0.3 is 0 Å². The average Bonchev–Trinajstić information content (AvgIpc) is 2.68. The summed E-state index contributed by atoms with van der Waals surface area (Å²) in [5.74, 6) is 2.39. The minimum absolute atomic E-state index is 0. The second-order valence-electron chi connectivity index (χ2n) is 5.51. The van der Waals surface area contributed by atoms with Crippen LogP contribution in [0.1, 0.15) is 11.1 Å². The highest BCUT2D eigenvalue weighted by Crippen LogP contribution is 2.39. The highest BCUT2D eigenvalue weighted by atomic mass is 127. The number of nitrogens with zero attached hydrogens (tertiary/aromatic N) is 1. The van der Waals surface area contributed by atoms with Crippen LogP contribution in [0.2, 0.25) is 10.0 Å². The van der Waals surface area contributed by atoms with Gasteiger partial charge in [-0.05, 0) is 29.8 Å². The zero-order chi connectivity index (χ0) is 19.8. The molecule has 2 aromatic carbocycles. The summed E-state index contributed by atoms with van der Waals surface area (Å²) in [5.41, 5.74) is 1.83. The first-order valence-electron chi connectivity index (χ1n) is 8.20. The Kier molecular flexibility index (Phi) is 10.6. The zero-order valence-electron chi connectivity index (χ0n) is 16.1. The van der Waals surface area contributed by atoms with E-state index in [0.29, 0.717) is 46.3 Å². The lowest BCUT2D eigenvalue weighted by molar-refractivity contribution is 0.322. The molecule has 0 radical (unpaired) electrons. The molecular weight excluding hydrogens is 516 g/mol. The molecule has 0 spiro atoms. The van der Waals surface area contributed by atoms with Crippen molar-refractivity contribution in [3.05, 3.63) is 51.5 Å². The van der Waals surface area contributed by atoms with Crippen LogP contribution in [0.3, 0.4) is 0 Å². The second-order valence-corrected chi connectivity index (χ2v) is 6.35. The van der Waals surface area contributed by atoms with Crippen LogP contribution in [0.15, 0.2) is 35.3 Å². The largest absolute Gasteiger partial charge is 0.493 e. The van der Waals surface area contributed by atoms with E-state index in [-0.39, 0.29) is 24.0 Å². The normalized spacial score (nSPS) is 10.7. The third kappa shape index (κ3) is 6.22. The number of hydrogen-bond donors (Lipinski definition) is 2. The van der Waals surface area contributed by atoms with Crippen LogP contribution < -0.4 is 24.8 Å². The van der Waals surface area contributed by atoms with Gasteiger partial charge in [0, 0.05) is 35.7 Å². The van der Waals surface area contributed by atoms with Crippen molar-refractivity contribution in [2.24, 2.45) is 4.99 Å². The molecule has 154 valence electrons. The fraction of sp³-hybridized carbons (Fsp3) is 0.316. The summed E-state index contributed by atoms with van der Waals surface area (Å²) in [5, 5.41) is 7.67. The van der Waals surface area contributed by atoms with Crippen molar-refractivity contribution in [1.29, 1.82) is 0 Å². The number of halogens is 3. The third-order valence-electron chi connectivity index (χ3n) is 3.92. The number of ether oxygens (including phenoxy) is 3. The van der Waals surface area contributed by atoms with Gasteiger partial charge in [-0.25, -0.2) is 0 Å². The van der Waals surface area contributed by atoms with E-state index in [2.05, 4.69) is 15.6 Å². The van der Waals surface area contributed by atoms with E-state index in [0.717, 1.165) is 11.1 Å². The number of hydrogen-bond acceptors (Lipinski definition) is 4. The monoisotopic (exact) mass is 539 g/mol. The summed E-state index contributed by atoms with van der Waals surface area (Å²) < 4.78 is 16.2. The molecule has 0 heterocycles. The molecule has 0 fully saturated rings. The Morgan fingerprint density at radius 2 is 1.50 bits per heavy atom. The molecule has 0 aliphatic rings. The van der Waals surface area contributed by atoms with Crippen LogP contribution in [-0.4, -0.2) is 34.3 Å². The molecular formula is C19H24Cl2IN3O3. The van der Waals surface area contributed by atoms with Gasteiger partial charge in [-0.1, -0.05) is 29.3 Å². The minimum atomic E-state index is 0. The second kappa shape index (κ2) is 12.1. The molecule has 28 heavy (non-hydrogen) atoms. The van der Waals surface area contributed by atoms with Gasteiger partial charge in [0.1, 0.15) is 0 Å². The van der Waals surface area contributed by atoms with Crippen LogP contribution >= 0.6 is 47.2 Å². The molecule has 0 atom stereocenters. The third-order valence-corrected chi connectivity index (χ3v) is 4.50. The molecule has 0 unspecified atom stereocenters. The number of benzene rings is 2. The van der Waals surface area contributed by atoms with Crippen LogP contribution in [0, 0.1) is 0 Å². The molecule has 9 heteroatoms. The first kappa shape index (κ1) is 24.5. The van der Waals surface area contributed by atoms with Crippen molar-refractivity contribution in [1.82, 2.24) is 10.6 Å². The van der Waals surface area contributed by atoms with Crippen molar-refractivity contribution in [2.75, 3.05) is 28.4 Å². The molecule has 2 aromatic rings. The lowest BCUT2D eigenvalue weighted by Crippen LogP contribution is -2.36. The molecule has 0 saturated carbocycles. The molecule has 0 bridgehead atoms. The summed E-state index contributed by atoms with van der Waals surface area (Å²) in [6, 6.07) is 9.14. The van der Waals surface area contributed by atoms with E-state index in [1.807, 2.05) is 18.2 Å². The van der Waals surface area contributed by atoms with Gasteiger partial charge in [0.15, 0.2) is 17.5 Å². The highest BCUT2D eigenvalue weighted by molar-refractivity contribution is 14.0. The fourth-order valence-corrected chi connectivity index (χ4v) is 3.02. The van der Waals surface area contributed by atoms with Gasteiger partial charge in [0.05, 0.1) is 21.3 Å². The lowest BCUT2D eigenvalue weighted by Gasteiger charge is -2.17. The quantitative estimate of drug-likeness (QED) is 0.308. The smallest absolute Gasteiger partial charge is 0.203 e. The Hall–Kier alpha value is -1.58. The Balaban J connectivity index is 0.00000392. The van der Waals surface area contributed by atoms with E-state index in [4.69, 9.17) is 37.4 Å². The minimum Gasteiger partial charge on any atom is -0.493 e. The summed E-state index contributed by atoms with van der Waals surface area (Å²) in [6.45, 7) is 0.996. The highest BCUT2D eigenvalue weighted by Gasteiger charge is 2.16. The molecule has 0 amide bonds. The predicted octanol–water partition coefficient (Wildman–Crippen LogP) is 4.50. The molecule has 0 aliphatic carbocycles. The molecule has 2 rings (SSSR count). The van der Waals surface area contributed by atoms with Crippen molar-refractivity contribution in [2.45, 2.75) is 13.1 Å². The Labute approximate surface area is 192 Å². The number of aliphatic imine (C=N–C) groups is 1. The maximum absolute atomic E-state index is 6.20. The van der Waals surface area contributed by atoms with Gasteiger partial charge in [-0.15, -0.1) is 24.0 Å². The summed E-state index contributed by atoms with van der Waals surface area (Å²) in [6.07, 6.45) is 0. The number of rotatable bonds is 7.